The lowest BCUT2D eigenvalue weighted by Gasteiger charge is -2.47. The van der Waals surface area contributed by atoms with E-state index in [2.05, 4.69) is 41.5 Å². The molecule has 0 saturated heterocycles. The molecule has 0 spiro atoms. The topological polar surface area (TPSA) is 46.3 Å². The summed E-state index contributed by atoms with van der Waals surface area (Å²) in [5.41, 5.74) is 6.18. The van der Waals surface area contributed by atoms with Crippen LogP contribution in [0.1, 0.15) is 60.8 Å². The fraction of sp³-hybridized carbons (Fsp3) is 0.941. The van der Waals surface area contributed by atoms with Gasteiger partial charge in [-0.1, -0.05) is 34.6 Å². The standard InChI is InChI=1S/C17H34N2O/c1-11(2)10-12(3)19(7)16(20)14-8-9-15(18)13(4)17(14,5)6/h11-15H,8-10,18H2,1-7H3. The lowest BCUT2D eigenvalue weighted by atomic mass is 9.60. The molecule has 4 atom stereocenters. The van der Waals surface area contributed by atoms with Crippen LogP contribution >= 0.6 is 0 Å². The van der Waals surface area contributed by atoms with Gasteiger partial charge in [-0.2, -0.15) is 0 Å². The second-order valence-corrected chi connectivity index (χ2v) is 7.83. The van der Waals surface area contributed by atoms with Gasteiger partial charge in [-0.15, -0.1) is 0 Å². The van der Waals surface area contributed by atoms with Crippen molar-refractivity contribution < 1.29 is 4.79 Å². The van der Waals surface area contributed by atoms with Crippen molar-refractivity contribution >= 4 is 5.91 Å². The summed E-state index contributed by atoms with van der Waals surface area (Å²) in [6, 6.07) is 0.539. The lowest BCUT2D eigenvalue weighted by Crippen LogP contribution is -2.53. The van der Waals surface area contributed by atoms with E-state index in [-0.39, 0.29) is 17.4 Å². The van der Waals surface area contributed by atoms with Crippen LogP contribution in [0.4, 0.5) is 0 Å². The fourth-order valence-electron chi connectivity index (χ4n) is 3.60. The smallest absolute Gasteiger partial charge is 0.226 e. The predicted octanol–water partition coefficient (Wildman–Crippen LogP) is 3.28. The van der Waals surface area contributed by atoms with Crippen LogP contribution in [0.15, 0.2) is 0 Å². The molecular formula is C17H34N2O. The molecule has 0 aromatic rings. The summed E-state index contributed by atoms with van der Waals surface area (Å²) in [5, 5.41) is 0. The molecule has 1 rings (SSSR count). The highest BCUT2D eigenvalue weighted by Gasteiger charge is 2.46. The van der Waals surface area contributed by atoms with Gasteiger partial charge in [0.05, 0.1) is 0 Å². The first-order valence-corrected chi connectivity index (χ1v) is 8.11. The Morgan fingerprint density at radius 2 is 1.85 bits per heavy atom. The quantitative estimate of drug-likeness (QED) is 0.860. The average Bonchev–Trinajstić information content (AvgIpc) is 2.33. The van der Waals surface area contributed by atoms with E-state index >= 15 is 0 Å². The van der Waals surface area contributed by atoms with Crippen molar-refractivity contribution in [3.05, 3.63) is 0 Å². The van der Waals surface area contributed by atoms with Gasteiger partial charge >= 0.3 is 0 Å². The van der Waals surface area contributed by atoms with Crippen LogP contribution in [0.2, 0.25) is 0 Å². The first-order valence-electron chi connectivity index (χ1n) is 8.11. The Hall–Kier alpha value is -0.570. The molecule has 1 saturated carbocycles. The minimum atomic E-state index is -0.0133. The zero-order chi connectivity index (χ0) is 15.7. The Morgan fingerprint density at radius 3 is 2.35 bits per heavy atom. The highest BCUT2D eigenvalue weighted by Crippen LogP contribution is 2.45. The highest BCUT2D eigenvalue weighted by atomic mass is 16.2. The summed E-state index contributed by atoms with van der Waals surface area (Å²) in [5.74, 6) is 1.42. The molecular weight excluding hydrogens is 248 g/mol. The average molecular weight is 282 g/mol. The van der Waals surface area contributed by atoms with E-state index in [1.165, 1.54) is 0 Å². The van der Waals surface area contributed by atoms with E-state index in [0.29, 0.717) is 23.8 Å². The molecule has 1 amide bonds. The van der Waals surface area contributed by atoms with Crippen molar-refractivity contribution in [3.8, 4) is 0 Å². The molecule has 2 N–H and O–H groups in total. The van der Waals surface area contributed by atoms with Crippen LogP contribution < -0.4 is 5.73 Å². The van der Waals surface area contributed by atoms with Crippen LogP contribution in [-0.4, -0.2) is 29.9 Å². The number of hydrogen-bond donors (Lipinski definition) is 1. The van der Waals surface area contributed by atoms with Gasteiger partial charge in [-0.3, -0.25) is 4.79 Å². The molecule has 1 fully saturated rings. The van der Waals surface area contributed by atoms with Gasteiger partial charge in [0.2, 0.25) is 5.91 Å². The van der Waals surface area contributed by atoms with Gasteiger partial charge in [0.15, 0.2) is 0 Å². The lowest BCUT2D eigenvalue weighted by molar-refractivity contribution is -0.144. The van der Waals surface area contributed by atoms with Crippen molar-refractivity contribution in [1.29, 1.82) is 0 Å². The third-order valence-electron chi connectivity index (χ3n) is 5.62. The van der Waals surface area contributed by atoms with Gasteiger partial charge < -0.3 is 10.6 Å². The number of amides is 1. The zero-order valence-electron chi connectivity index (χ0n) is 14.4. The summed E-state index contributed by atoms with van der Waals surface area (Å²) >= 11 is 0. The van der Waals surface area contributed by atoms with E-state index in [0.717, 1.165) is 19.3 Å². The first-order chi connectivity index (χ1) is 9.09. The van der Waals surface area contributed by atoms with Crippen LogP contribution in [0.3, 0.4) is 0 Å². The Morgan fingerprint density at radius 1 is 1.30 bits per heavy atom. The van der Waals surface area contributed by atoms with Gasteiger partial charge in [-0.25, -0.2) is 0 Å². The summed E-state index contributed by atoms with van der Waals surface area (Å²) in [4.78, 5) is 14.8. The van der Waals surface area contributed by atoms with Crippen LogP contribution in [-0.2, 0) is 4.79 Å². The number of hydrogen-bond acceptors (Lipinski definition) is 2. The number of carbonyl (C=O) groups is 1. The van der Waals surface area contributed by atoms with Crippen LogP contribution in [0.25, 0.3) is 0 Å². The van der Waals surface area contributed by atoms with Gasteiger partial charge in [0.25, 0.3) is 0 Å². The maximum Gasteiger partial charge on any atom is 0.226 e. The van der Waals surface area contributed by atoms with E-state index in [1.807, 2.05) is 11.9 Å². The van der Waals surface area contributed by atoms with Gasteiger partial charge in [0, 0.05) is 25.0 Å². The number of nitrogens with zero attached hydrogens (tertiary/aromatic N) is 1. The SMILES string of the molecule is CC(C)CC(C)N(C)C(=O)C1CCC(N)C(C)C1(C)C. The molecule has 118 valence electrons. The third kappa shape index (κ3) is 3.55. The number of rotatable bonds is 4. The Labute approximate surface area is 125 Å². The van der Waals surface area contributed by atoms with Crippen molar-refractivity contribution in [3.63, 3.8) is 0 Å². The second kappa shape index (κ2) is 6.46. The molecule has 4 unspecified atom stereocenters. The van der Waals surface area contributed by atoms with E-state index < -0.39 is 0 Å². The maximum absolute atomic E-state index is 12.9. The maximum atomic E-state index is 12.9. The van der Waals surface area contributed by atoms with Gasteiger partial charge in [0.1, 0.15) is 0 Å². The molecule has 1 aliphatic rings. The molecule has 0 aromatic heterocycles. The van der Waals surface area contributed by atoms with Crippen molar-refractivity contribution in [2.24, 2.45) is 28.9 Å². The Kier molecular flexibility index (Phi) is 5.65. The summed E-state index contributed by atoms with van der Waals surface area (Å²) in [7, 11) is 1.96. The number of carbonyl (C=O) groups excluding carboxylic acids is 1. The minimum absolute atomic E-state index is 0.0133. The van der Waals surface area contributed by atoms with Crippen molar-refractivity contribution in [1.82, 2.24) is 4.90 Å². The second-order valence-electron chi connectivity index (χ2n) is 7.83. The predicted molar refractivity (Wildman–Crippen MR) is 85.3 cm³/mol. The molecule has 0 bridgehead atoms. The van der Waals surface area contributed by atoms with Gasteiger partial charge in [-0.05, 0) is 43.4 Å². The molecule has 3 heteroatoms. The van der Waals surface area contributed by atoms with E-state index in [4.69, 9.17) is 5.73 Å². The zero-order valence-corrected chi connectivity index (χ0v) is 14.4. The molecule has 1 aliphatic carbocycles. The first kappa shape index (κ1) is 17.5. The summed E-state index contributed by atoms with van der Waals surface area (Å²) in [6.45, 7) is 13.2. The molecule has 0 aromatic carbocycles. The summed E-state index contributed by atoms with van der Waals surface area (Å²) < 4.78 is 0. The fourth-order valence-corrected chi connectivity index (χ4v) is 3.60. The third-order valence-corrected chi connectivity index (χ3v) is 5.62. The largest absolute Gasteiger partial charge is 0.343 e. The normalized spacial score (nSPS) is 31.1. The molecule has 3 nitrogen and oxygen atoms in total. The Bertz CT molecular complexity index is 338. The van der Waals surface area contributed by atoms with Crippen LogP contribution in [0, 0.1) is 23.2 Å². The molecule has 20 heavy (non-hydrogen) atoms. The molecule has 0 heterocycles. The Balaban J connectivity index is 2.80. The van der Waals surface area contributed by atoms with Crippen LogP contribution in [0.5, 0.6) is 0 Å². The van der Waals surface area contributed by atoms with Crippen molar-refractivity contribution in [2.45, 2.75) is 72.9 Å². The minimum Gasteiger partial charge on any atom is -0.343 e. The monoisotopic (exact) mass is 282 g/mol. The van der Waals surface area contributed by atoms with E-state index in [9.17, 15) is 4.79 Å². The molecule has 0 aliphatic heterocycles. The van der Waals surface area contributed by atoms with E-state index in [1.54, 1.807) is 0 Å². The number of nitrogens with two attached hydrogens (primary N) is 1. The summed E-state index contributed by atoms with van der Waals surface area (Å²) in [6.07, 6.45) is 2.95. The molecule has 0 radical (unpaired) electrons. The van der Waals surface area contributed by atoms with Crippen molar-refractivity contribution in [2.75, 3.05) is 7.05 Å². The highest BCUT2D eigenvalue weighted by molar-refractivity contribution is 5.79.